The number of aromatic nitrogens is 1. The average Bonchev–Trinajstić information content (AvgIpc) is 3.12. The van der Waals surface area contributed by atoms with Crippen LogP contribution in [0.5, 0.6) is 0 Å². The Kier molecular flexibility index (Phi) is 16.9. The lowest BCUT2D eigenvalue weighted by molar-refractivity contribution is -0.137. The maximum Gasteiger partial charge on any atom is 0.416 e. The van der Waals surface area contributed by atoms with Gasteiger partial charge in [-0.05, 0) is 92.1 Å². The molecule has 16 nitrogen and oxygen atoms in total. The van der Waals surface area contributed by atoms with Crippen molar-refractivity contribution in [2.24, 2.45) is 0 Å². The van der Waals surface area contributed by atoms with Gasteiger partial charge in [-0.3, -0.25) is 19.4 Å². The minimum absolute atomic E-state index is 0.0870. The third kappa shape index (κ3) is 17.9. The summed E-state index contributed by atoms with van der Waals surface area (Å²) in [6.07, 6.45) is -6.33. The van der Waals surface area contributed by atoms with Crippen molar-refractivity contribution in [2.45, 2.75) is 104 Å². The quantitative estimate of drug-likeness (QED) is 0.130. The zero-order valence-corrected chi connectivity index (χ0v) is 36.0. The van der Waals surface area contributed by atoms with Gasteiger partial charge in [-0.1, -0.05) is 30.3 Å². The molecule has 0 spiro atoms. The average molecular weight is 860 g/mol. The second-order valence-corrected chi connectivity index (χ2v) is 16.9. The van der Waals surface area contributed by atoms with E-state index in [1.165, 1.54) is 28.1 Å². The summed E-state index contributed by atoms with van der Waals surface area (Å²) in [5, 5.41) is 10.6. The largest absolute Gasteiger partial charge is 0.444 e. The lowest BCUT2D eigenvalue weighted by Gasteiger charge is -2.28. The molecule has 19 heteroatoms. The van der Waals surface area contributed by atoms with Crippen molar-refractivity contribution in [2.75, 3.05) is 37.6 Å². The van der Waals surface area contributed by atoms with E-state index in [0.29, 0.717) is 16.5 Å². The van der Waals surface area contributed by atoms with Crippen LogP contribution >= 0.6 is 0 Å². The highest BCUT2D eigenvalue weighted by Crippen LogP contribution is 2.30. The van der Waals surface area contributed by atoms with Crippen LogP contribution < -0.4 is 26.2 Å². The van der Waals surface area contributed by atoms with Crippen LogP contribution in [-0.4, -0.2) is 101 Å². The molecule has 3 aromatic rings. The van der Waals surface area contributed by atoms with Gasteiger partial charge in [-0.2, -0.15) is 13.2 Å². The molecular weight excluding hydrogens is 803 g/mol. The van der Waals surface area contributed by atoms with E-state index in [1.54, 1.807) is 92.6 Å². The minimum atomic E-state index is -4.57. The number of ether oxygens (including phenoxy) is 3. The lowest BCUT2D eigenvalue weighted by Crippen LogP contribution is -2.53. The fourth-order valence-electron chi connectivity index (χ4n) is 5.43. The Hall–Kier alpha value is -6.14. The number of alkyl carbamates (subject to hydrolysis) is 3. The van der Waals surface area contributed by atoms with Gasteiger partial charge in [-0.15, -0.1) is 0 Å². The number of benzene rings is 2. The highest BCUT2D eigenvalue weighted by molar-refractivity contribution is 5.99. The number of hydrogen-bond acceptors (Lipinski definition) is 10. The van der Waals surface area contributed by atoms with Gasteiger partial charge in [0.15, 0.2) is 0 Å². The van der Waals surface area contributed by atoms with Crippen molar-refractivity contribution in [3.05, 3.63) is 71.9 Å². The molecule has 1 atom stereocenters. The molecule has 0 unspecified atom stereocenters. The molecule has 1 aromatic heterocycles. The van der Waals surface area contributed by atoms with Crippen molar-refractivity contribution >= 4 is 52.6 Å². The Morgan fingerprint density at radius 2 is 1.21 bits per heavy atom. The monoisotopic (exact) mass is 859 g/mol. The summed E-state index contributed by atoms with van der Waals surface area (Å²) in [6.45, 7) is 13.6. The van der Waals surface area contributed by atoms with Gasteiger partial charge in [0.1, 0.15) is 22.8 Å². The van der Waals surface area contributed by atoms with Crippen LogP contribution in [-0.2, 0) is 41.3 Å². The number of alkyl halides is 3. The number of nitrogens with one attached hydrogen (secondary N) is 4. The Morgan fingerprint density at radius 3 is 1.74 bits per heavy atom. The van der Waals surface area contributed by atoms with Crippen molar-refractivity contribution in [3.8, 4) is 0 Å². The van der Waals surface area contributed by atoms with Crippen LogP contribution in [0.1, 0.15) is 79.9 Å². The number of pyridine rings is 1. The molecule has 2 aromatic carbocycles. The number of fused-ring (bicyclic) bond motifs is 1. The number of anilines is 1. The molecule has 0 aliphatic carbocycles. The molecule has 6 amide bonds. The second-order valence-electron chi connectivity index (χ2n) is 16.9. The summed E-state index contributed by atoms with van der Waals surface area (Å²) < 4.78 is 55.8. The molecule has 0 radical (unpaired) electrons. The SMILES string of the molecule is CC(C)(C)OC(=O)NCCN(CCNC(=O)OC(C)(C)C)C(=O)C[C@H](NC(=O)OC(C)(C)C)C(=O)NCC(=O)N(Cc1ccc(C(F)(F)F)cc1)c1cnc2ccccc2c1. The van der Waals surface area contributed by atoms with Crippen LogP contribution in [0.2, 0.25) is 0 Å². The summed E-state index contributed by atoms with van der Waals surface area (Å²) in [4.78, 5) is 86.1. The third-order valence-corrected chi connectivity index (χ3v) is 8.06. The van der Waals surface area contributed by atoms with Gasteiger partial charge in [0, 0.05) is 31.6 Å². The van der Waals surface area contributed by atoms with Gasteiger partial charge < -0.3 is 45.3 Å². The first-order valence-corrected chi connectivity index (χ1v) is 19.5. The lowest BCUT2D eigenvalue weighted by atomic mass is 10.1. The van der Waals surface area contributed by atoms with E-state index in [0.717, 1.165) is 12.1 Å². The van der Waals surface area contributed by atoms with Crippen molar-refractivity contribution in [1.82, 2.24) is 31.2 Å². The molecule has 0 aliphatic heterocycles. The maximum atomic E-state index is 13.9. The Balaban J connectivity index is 1.86. The zero-order valence-electron chi connectivity index (χ0n) is 36.0. The number of halogens is 3. The summed E-state index contributed by atoms with van der Waals surface area (Å²) >= 11 is 0. The molecule has 0 saturated carbocycles. The molecule has 334 valence electrons. The van der Waals surface area contributed by atoms with Gasteiger partial charge >= 0.3 is 24.5 Å². The predicted octanol–water partition coefficient (Wildman–Crippen LogP) is 6.06. The number of nitrogens with zero attached hydrogens (tertiary/aromatic N) is 3. The molecule has 0 fully saturated rings. The predicted molar refractivity (Wildman–Crippen MR) is 220 cm³/mol. The fraction of sp³-hybridized carbons (Fsp3) is 0.500. The first-order valence-electron chi connectivity index (χ1n) is 19.5. The standard InChI is InChI=1S/C42H56F3N7O9/c1-39(2,3)59-36(56)46-18-20-51(21-19-47-37(57)60-40(4,5)6)33(53)23-32(50-38(58)61-41(7,8)9)35(55)49-25-34(54)52(26-27-14-16-29(17-15-27)42(43,44)45)30-22-28-12-10-11-13-31(28)48-24-30/h10-17,22,24,32H,18-21,23,25-26H2,1-9H3,(H,46,56)(H,47,57)(H,49,55)(H,50,58)/t32-/m0/s1. The van der Waals surface area contributed by atoms with E-state index in [-0.39, 0.29) is 38.4 Å². The van der Waals surface area contributed by atoms with E-state index in [4.69, 9.17) is 14.2 Å². The molecule has 4 N–H and O–H groups in total. The first kappa shape index (κ1) is 49.2. The number of hydrogen-bond donors (Lipinski definition) is 4. The van der Waals surface area contributed by atoms with E-state index in [9.17, 15) is 41.9 Å². The number of para-hydroxylation sites is 1. The highest BCUT2D eigenvalue weighted by Gasteiger charge is 2.32. The molecule has 61 heavy (non-hydrogen) atoms. The maximum absolute atomic E-state index is 13.9. The molecule has 0 aliphatic rings. The van der Waals surface area contributed by atoms with Crippen LogP contribution in [0.15, 0.2) is 60.8 Å². The number of rotatable bonds is 15. The van der Waals surface area contributed by atoms with E-state index >= 15 is 0 Å². The number of carbonyl (C=O) groups excluding carboxylic acids is 6. The Labute approximate surface area is 353 Å². The zero-order chi connectivity index (χ0) is 45.8. The molecular formula is C42H56F3N7O9. The highest BCUT2D eigenvalue weighted by atomic mass is 19.4. The number of amides is 6. The van der Waals surface area contributed by atoms with Crippen LogP contribution in [0.25, 0.3) is 10.9 Å². The van der Waals surface area contributed by atoms with Crippen molar-refractivity contribution < 1.29 is 56.1 Å². The Bertz CT molecular complexity index is 1970. The van der Waals surface area contributed by atoms with Crippen molar-refractivity contribution in [1.29, 1.82) is 0 Å². The summed E-state index contributed by atoms with van der Waals surface area (Å²) in [5.41, 5.74) is -2.20. The summed E-state index contributed by atoms with van der Waals surface area (Å²) in [7, 11) is 0. The second kappa shape index (κ2) is 20.9. The van der Waals surface area contributed by atoms with E-state index < -0.39 is 83.6 Å². The molecule has 0 bridgehead atoms. The summed E-state index contributed by atoms with van der Waals surface area (Å²) in [6, 6.07) is 11.4. The molecule has 3 rings (SSSR count). The smallest absolute Gasteiger partial charge is 0.416 e. The number of carbonyl (C=O) groups is 6. The summed E-state index contributed by atoms with van der Waals surface area (Å²) in [5.74, 6) is -2.33. The minimum Gasteiger partial charge on any atom is -0.444 e. The van der Waals surface area contributed by atoms with Crippen molar-refractivity contribution in [3.63, 3.8) is 0 Å². The topological polar surface area (TPSA) is 198 Å². The fourth-order valence-corrected chi connectivity index (χ4v) is 5.43. The normalized spacial score (nSPS) is 12.4. The van der Waals surface area contributed by atoms with E-state index in [2.05, 4.69) is 26.3 Å². The van der Waals surface area contributed by atoms with E-state index in [1.807, 2.05) is 0 Å². The first-order chi connectivity index (χ1) is 28.2. The van der Waals surface area contributed by atoms with Crippen LogP contribution in [0.4, 0.5) is 33.2 Å². The van der Waals surface area contributed by atoms with Gasteiger partial charge in [0.05, 0.1) is 42.5 Å². The van der Waals surface area contributed by atoms with Gasteiger partial charge in [-0.25, -0.2) is 14.4 Å². The molecule has 1 heterocycles. The van der Waals surface area contributed by atoms with Gasteiger partial charge in [0.2, 0.25) is 17.7 Å². The molecule has 0 saturated heterocycles. The Morgan fingerprint density at radius 1 is 0.689 bits per heavy atom. The van der Waals surface area contributed by atoms with Crippen LogP contribution in [0, 0.1) is 0 Å². The van der Waals surface area contributed by atoms with Crippen LogP contribution in [0.3, 0.4) is 0 Å². The third-order valence-electron chi connectivity index (χ3n) is 8.06. The van der Waals surface area contributed by atoms with Gasteiger partial charge in [0.25, 0.3) is 0 Å².